The summed E-state index contributed by atoms with van der Waals surface area (Å²) in [5.74, 6) is 0.156. The van der Waals surface area contributed by atoms with Crippen molar-refractivity contribution in [1.29, 1.82) is 0 Å². The number of benzene rings is 1. The van der Waals surface area contributed by atoms with Gasteiger partial charge in [-0.15, -0.1) is 0 Å². The van der Waals surface area contributed by atoms with E-state index in [4.69, 9.17) is 5.53 Å². The van der Waals surface area contributed by atoms with Crippen molar-refractivity contribution in [2.75, 3.05) is 11.9 Å². The molecule has 0 atom stereocenters. The number of amides is 1. The number of azide groups is 1. The topological polar surface area (TPSA) is 77.9 Å². The van der Waals surface area contributed by atoms with Crippen molar-refractivity contribution in [3.05, 3.63) is 40.3 Å². The molecule has 16 heavy (non-hydrogen) atoms. The van der Waals surface area contributed by atoms with Crippen LogP contribution in [0.15, 0.2) is 29.4 Å². The van der Waals surface area contributed by atoms with Gasteiger partial charge >= 0.3 is 0 Å². The second kappa shape index (κ2) is 5.78. The Morgan fingerprint density at radius 2 is 2.06 bits per heavy atom. The van der Waals surface area contributed by atoms with Crippen LogP contribution in [0.2, 0.25) is 0 Å². The van der Waals surface area contributed by atoms with Crippen LogP contribution in [0.5, 0.6) is 0 Å². The number of nitrogens with zero attached hydrogens (tertiary/aromatic N) is 3. The minimum atomic E-state index is -0.310. The van der Waals surface area contributed by atoms with Crippen LogP contribution in [0.25, 0.3) is 10.4 Å². The largest absolute Gasteiger partial charge is 0.326 e. The van der Waals surface area contributed by atoms with E-state index in [2.05, 4.69) is 29.2 Å². The van der Waals surface area contributed by atoms with Crippen molar-refractivity contribution in [1.82, 2.24) is 0 Å². The number of anilines is 1. The molecule has 1 rings (SSSR count). The average Bonchev–Trinajstić information content (AvgIpc) is 2.27. The number of rotatable bonds is 4. The van der Waals surface area contributed by atoms with Crippen LogP contribution in [-0.4, -0.2) is 12.5 Å². The Labute approximate surface area is 94.1 Å². The number of hydrogen-bond donors (Lipinski definition) is 1. The van der Waals surface area contributed by atoms with Crippen molar-refractivity contribution in [2.24, 2.45) is 5.11 Å². The fourth-order valence-electron chi connectivity index (χ4n) is 1.25. The second-order valence-corrected chi connectivity index (χ2v) is 3.71. The maximum atomic E-state index is 11.2. The summed E-state index contributed by atoms with van der Waals surface area (Å²) in [6.45, 7) is 4.03. The zero-order valence-electron chi connectivity index (χ0n) is 9.34. The van der Waals surface area contributed by atoms with Gasteiger partial charge in [0.2, 0.25) is 5.91 Å². The van der Waals surface area contributed by atoms with E-state index in [1.54, 1.807) is 0 Å². The molecular weight excluding hydrogens is 204 g/mol. The summed E-state index contributed by atoms with van der Waals surface area (Å²) in [6.07, 6.45) is 0. The van der Waals surface area contributed by atoms with Crippen LogP contribution in [-0.2, 0) is 4.79 Å². The quantitative estimate of drug-likeness (QED) is 0.470. The molecule has 0 aliphatic heterocycles. The molecular formula is C11H14N4O. The van der Waals surface area contributed by atoms with Gasteiger partial charge in [-0.25, -0.2) is 0 Å². The van der Waals surface area contributed by atoms with Crippen LogP contribution in [0.1, 0.15) is 25.3 Å². The van der Waals surface area contributed by atoms with E-state index in [-0.39, 0.29) is 12.5 Å². The van der Waals surface area contributed by atoms with Gasteiger partial charge in [0.05, 0.1) is 0 Å². The van der Waals surface area contributed by atoms with Crippen LogP contribution >= 0.6 is 0 Å². The number of hydrogen-bond acceptors (Lipinski definition) is 2. The first-order chi connectivity index (χ1) is 7.63. The molecule has 0 unspecified atom stereocenters. The summed E-state index contributed by atoms with van der Waals surface area (Å²) >= 11 is 0. The third-order valence-corrected chi connectivity index (χ3v) is 2.14. The monoisotopic (exact) mass is 218 g/mol. The molecule has 0 saturated heterocycles. The second-order valence-electron chi connectivity index (χ2n) is 3.71. The van der Waals surface area contributed by atoms with Crippen LogP contribution in [0.4, 0.5) is 5.69 Å². The van der Waals surface area contributed by atoms with Gasteiger partial charge in [-0.05, 0) is 29.1 Å². The smallest absolute Gasteiger partial charge is 0.230 e. The third-order valence-electron chi connectivity index (χ3n) is 2.14. The number of carbonyl (C=O) groups excluding carboxylic acids is 1. The van der Waals surface area contributed by atoms with Gasteiger partial charge in [0.25, 0.3) is 0 Å². The molecule has 1 N–H and O–H groups in total. The number of carbonyl (C=O) groups is 1. The highest BCUT2D eigenvalue weighted by Gasteiger charge is 2.01. The lowest BCUT2D eigenvalue weighted by Gasteiger charge is -2.07. The van der Waals surface area contributed by atoms with E-state index in [0.29, 0.717) is 11.6 Å². The van der Waals surface area contributed by atoms with E-state index in [0.717, 1.165) is 0 Å². The Balaban J connectivity index is 2.61. The van der Waals surface area contributed by atoms with Crippen molar-refractivity contribution >= 4 is 11.6 Å². The minimum Gasteiger partial charge on any atom is -0.326 e. The lowest BCUT2D eigenvalue weighted by Crippen LogP contribution is -2.14. The summed E-state index contributed by atoms with van der Waals surface area (Å²) in [4.78, 5) is 13.7. The summed E-state index contributed by atoms with van der Waals surface area (Å²) in [5, 5.41) is 5.82. The Morgan fingerprint density at radius 1 is 1.44 bits per heavy atom. The molecule has 0 fully saturated rings. The molecule has 0 spiro atoms. The standard InChI is InChI=1S/C11H14N4O/c1-8(2)9-3-5-10(6-4-9)14-11(16)7-13-15-12/h3-6,8H,7H2,1-2H3,(H,14,16). The highest BCUT2D eigenvalue weighted by molar-refractivity contribution is 5.92. The lowest BCUT2D eigenvalue weighted by molar-refractivity contribution is -0.114. The molecule has 0 radical (unpaired) electrons. The van der Waals surface area contributed by atoms with E-state index < -0.39 is 0 Å². The molecule has 0 bridgehead atoms. The fourth-order valence-corrected chi connectivity index (χ4v) is 1.25. The molecule has 5 nitrogen and oxygen atoms in total. The predicted octanol–water partition coefficient (Wildman–Crippen LogP) is 3.06. The third kappa shape index (κ3) is 3.63. The normalized spacial score (nSPS) is 9.69. The van der Waals surface area contributed by atoms with Crippen LogP contribution in [0, 0.1) is 0 Å². The van der Waals surface area contributed by atoms with Gasteiger partial charge in [-0.1, -0.05) is 31.1 Å². The first-order valence-electron chi connectivity index (χ1n) is 5.04. The summed E-state index contributed by atoms with van der Waals surface area (Å²) in [7, 11) is 0. The minimum absolute atomic E-state index is 0.178. The SMILES string of the molecule is CC(C)c1ccc(NC(=O)CN=[N+]=[N-])cc1. The fraction of sp³-hybridized carbons (Fsp3) is 0.364. The first kappa shape index (κ1) is 12.1. The maximum Gasteiger partial charge on any atom is 0.230 e. The van der Waals surface area contributed by atoms with Gasteiger partial charge in [0.1, 0.15) is 6.54 Å². The van der Waals surface area contributed by atoms with Gasteiger partial charge < -0.3 is 5.32 Å². The van der Waals surface area contributed by atoms with Crippen molar-refractivity contribution in [3.63, 3.8) is 0 Å². The molecule has 1 amide bonds. The van der Waals surface area contributed by atoms with Gasteiger partial charge in [-0.3, -0.25) is 4.79 Å². The number of nitrogens with one attached hydrogen (secondary N) is 1. The van der Waals surface area contributed by atoms with Gasteiger partial charge in [0.15, 0.2) is 0 Å². The highest BCUT2D eigenvalue weighted by atomic mass is 16.1. The summed E-state index contributed by atoms with van der Waals surface area (Å²) in [5.41, 5.74) is 9.98. The average molecular weight is 218 g/mol. The molecule has 1 aromatic rings. The zero-order chi connectivity index (χ0) is 12.0. The van der Waals surface area contributed by atoms with Crippen LogP contribution in [0.3, 0.4) is 0 Å². The maximum absolute atomic E-state index is 11.2. The van der Waals surface area contributed by atoms with E-state index in [1.807, 2.05) is 24.3 Å². The molecule has 5 heteroatoms. The van der Waals surface area contributed by atoms with Crippen molar-refractivity contribution in [3.8, 4) is 0 Å². The van der Waals surface area contributed by atoms with Crippen molar-refractivity contribution < 1.29 is 4.79 Å². The van der Waals surface area contributed by atoms with E-state index in [9.17, 15) is 4.79 Å². The Hall–Kier alpha value is -2.00. The molecule has 0 saturated carbocycles. The first-order valence-corrected chi connectivity index (χ1v) is 5.04. The van der Waals surface area contributed by atoms with Gasteiger partial charge in [-0.2, -0.15) is 0 Å². The Kier molecular flexibility index (Phi) is 4.36. The lowest BCUT2D eigenvalue weighted by atomic mass is 10.0. The van der Waals surface area contributed by atoms with E-state index in [1.165, 1.54) is 5.56 Å². The molecule has 1 aromatic carbocycles. The molecule has 0 heterocycles. The zero-order valence-corrected chi connectivity index (χ0v) is 9.34. The highest BCUT2D eigenvalue weighted by Crippen LogP contribution is 2.16. The summed E-state index contributed by atoms with van der Waals surface area (Å²) in [6, 6.07) is 7.61. The molecule has 0 aliphatic carbocycles. The molecule has 0 aromatic heterocycles. The Bertz CT molecular complexity index is 404. The van der Waals surface area contributed by atoms with E-state index >= 15 is 0 Å². The van der Waals surface area contributed by atoms with Crippen molar-refractivity contribution in [2.45, 2.75) is 19.8 Å². The predicted molar refractivity (Wildman–Crippen MR) is 63.2 cm³/mol. The molecule has 0 aliphatic rings. The van der Waals surface area contributed by atoms with Gasteiger partial charge in [0, 0.05) is 10.6 Å². The summed E-state index contributed by atoms with van der Waals surface area (Å²) < 4.78 is 0. The Morgan fingerprint density at radius 3 is 2.56 bits per heavy atom. The van der Waals surface area contributed by atoms with Crippen LogP contribution < -0.4 is 5.32 Å². The molecule has 84 valence electrons.